The van der Waals surface area contributed by atoms with Crippen LogP contribution in [0.4, 0.5) is 4.79 Å². The molecule has 20 heavy (non-hydrogen) atoms. The first-order chi connectivity index (χ1) is 9.75. The molecule has 0 atom stereocenters. The molecule has 3 nitrogen and oxygen atoms in total. The van der Waals surface area contributed by atoms with E-state index in [0.717, 1.165) is 21.9 Å². The van der Waals surface area contributed by atoms with E-state index >= 15 is 0 Å². The molecular weight excluding hydrogens is 252 g/mol. The first-order valence-electron chi connectivity index (χ1n) is 6.23. The molecule has 98 valence electrons. The smallest absolute Gasteiger partial charge is 0.449 e. The molecule has 0 amide bonds. The van der Waals surface area contributed by atoms with Crippen LogP contribution in [0, 0.1) is 0 Å². The van der Waals surface area contributed by atoms with Crippen molar-refractivity contribution in [3.63, 3.8) is 0 Å². The first kappa shape index (κ1) is 12.2. The number of fused-ring (bicyclic) bond motifs is 1. The van der Waals surface area contributed by atoms with Gasteiger partial charge in [-0.15, -0.1) is 0 Å². The Kier molecular flexibility index (Phi) is 3.09. The zero-order chi connectivity index (χ0) is 13.9. The van der Waals surface area contributed by atoms with Crippen LogP contribution in [-0.2, 0) is 0 Å². The molecule has 0 aliphatic carbocycles. The van der Waals surface area contributed by atoms with Crippen molar-refractivity contribution < 1.29 is 14.6 Å². The lowest BCUT2D eigenvalue weighted by atomic mass is 10.00. The zero-order valence-electron chi connectivity index (χ0n) is 10.6. The number of rotatable bonds is 2. The molecule has 0 aromatic heterocycles. The molecule has 0 bridgehead atoms. The minimum atomic E-state index is -1.31. The van der Waals surface area contributed by atoms with Crippen LogP contribution in [0.3, 0.4) is 0 Å². The van der Waals surface area contributed by atoms with Gasteiger partial charge in [0.1, 0.15) is 5.75 Å². The van der Waals surface area contributed by atoms with Gasteiger partial charge in [0, 0.05) is 10.9 Å². The molecule has 0 radical (unpaired) electrons. The maximum Gasteiger partial charge on any atom is 0.511 e. The Morgan fingerprint density at radius 3 is 2.30 bits per heavy atom. The largest absolute Gasteiger partial charge is 0.511 e. The molecular formula is C17H12O3. The summed E-state index contributed by atoms with van der Waals surface area (Å²) in [4.78, 5) is 11.0. The van der Waals surface area contributed by atoms with Gasteiger partial charge in [0.05, 0.1) is 0 Å². The monoisotopic (exact) mass is 264 g/mol. The van der Waals surface area contributed by atoms with E-state index in [9.17, 15) is 4.79 Å². The summed E-state index contributed by atoms with van der Waals surface area (Å²) in [5.74, 6) is 0.377. The predicted octanol–water partition coefficient (Wildman–Crippen LogP) is 4.56. The van der Waals surface area contributed by atoms with Gasteiger partial charge < -0.3 is 9.84 Å². The maximum absolute atomic E-state index is 11.0. The fraction of sp³-hybridized carbons (Fsp3) is 0. The van der Waals surface area contributed by atoms with Crippen molar-refractivity contribution in [2.24, 2.45) is 0 Å². The third-order valence-corrected chi connectivity index (χ3v) is 3.15. The number of ether oxygens (including phenoxy) is 1. The second kappa shape index (κ2) is 5.05. The van der Waals surface area contributed by atoms with Crippen LogP contribution < -0.4 is 4.74 Å². The van der Waals surface area contributed by atoms with Gasteiger partial charge in [0.25, 0.3) is 0 Å². The lowest BCUT2D eigenvalue weighted by Gasteiger charge is -2.11. The van der Waals surface area contributed by atoms with E-state index in [-0.39, 0.29) is 0 Å². The predicted molar refractivity (Wildman–Crippen MR) is 78.0 cm³/mol. The molecule has 0 unspecified atom stereocenters. The highest BCUT2D eigenvalue weighted by Gasteiger charge is 2.13. The van der Waals surface area contributed by atoms with E-state index in [2.05, 4.69) is 0 Å². The Morgan fingerprint density at radius 1 is 0.850 bits per heavy atom. The average molecular weight is 264 g/mol. The zero-order valence-corrected chi connectivity index (χ0v) is 10.6. The van der Waals surface area contributed by atoms with E-state index in [1.807, 2.05) is 66.7 Å². The number of benzene rings is 3. The van der Waals surface area contributed by atoms with Crippen LogP contribution >= 0.6 is 0 Å². The van der Waals surface area contributed by atoms with E-state index in [0.29, 0.717) is 5.75 Å². The molecule has 3 aromatic carbocycles. The van der Waals surface area contributed by atoms with Crippen LogP contribution in [0.15, 0.2) is 66.7 Å². The molecule has 0 heterocycles. The third-order valence-electron chi connectivity index (χ3n) is 3.15. The summed E-state index contributed by atoms with van der Waals surface area (Å²) in [6.07, 6.45) is -1.31. The van der Waals surface area contributed by atoms with Gasteiger partial charge in [-0.1, -0.05) is 60.7 Å². The van der Waals surface area contributed by atoms with Gasteiger partial charge in [-0.2, -0.15) is 0 Å². The average Bonchev–Trinajstić information content (AvgIpc) is 2.48. The molecule has 0 spiro atoms. The van der Waals surface area contributed by atoms with E-state index in [1.165, 1.54) is 0 Å². The van der Waals surface area contributed by atoms with Crippen molar-refractivity contribution >= 4 is 16.9 Å². The van der Waals surface area contributed by atoms with Crippen LogP contribution in [0.1, 0.15) is 0 Å². The minimum absolute atomic E-state index is 0.377. The molecule has 3 heteroatoms. The van der Waals surface area contributed by atoms with Gasteiger partial charge in [-0.25, -0.2) is 4.79 Å². The topological polar surface area (TPSA) is 46.5 Å². The molecule has 3 rings (SSSR count). The van der Waals surface area contributed by atoms with E-state index in [4.69, 9.17) is 9.84 Å². The van der Waals surface area contributed by atoms with Crippen LogP contribution in [0.5, 0.6) is 5.75 Å². The molecule has 3 aromatic rings. The molecule has 0 aliphatic heterocycles. The molecule has 1 N–H and O–H groups in total. The summed E-state index contributed by atoms with van der Waals surface area (Å²) < 4.78 is 5.03. The second-order valence-electron chi connectivity index (χ2n) is 4.40. The SMILES string of the molecule is O=C(O)Oc1c(-c2ccccc2)ccc2ccccc12. The van der Waals surface area contributed by atoms with Crippen molar-refractivity contribution in [2.45, 2.75) is 0 Å². The van der Waals surface area contributed by atoms with Crippen molar-refractivity contribution in [3.8, 4) is 16.9 Å². The summed E-state index contributed by atoms with van der Waals surface area (Å²) >= 11 is 0. The molecule has 0 fully saturated rings. The third kappa shape index (κ3) is 2.21. The molecule has 0 aliphatic rings. The van der Waals surface area contributed by atoms with Crippen molar-refractivity contribution in [2.75, 3.05) is 0 Å². The van der Waals surface area contributed by atoms with Crippen molar-refractivity contribution in [1.82, 2.24) is 0 Å². The van der Waals surface area contributed by atoms with Crippen LogP contribution in [-0.4, -0.2) is 11.3 Å². The Morgan fingerprint density at radius 2 is 1.55 bits per heavy atom. The Labute approximate surface area is 116 Å². The van der Waals surface area contributed by atoms with Gasteiger partial charge in [0.15, 0.2) is 0 Å². The first-order valence-corrected chi connectivity index (χ1v) is 6.23. The standard InChI is InChI=1S/C17H12O3/c18-17(19)20-16-14-9-5-4-8-13(14)10-11-15(16)12-6-2-1-3-7-12/h1-11H,(H,18,19). The Bertz CT molecular complexity index is 764. The fourth-order valence-electron chi connectivity index (χ4n) is 2.29. The number of hydrogen-bond acceptors (Lipinski definition) is 2. The van der Waals surface area contributed by atoms with Gasteiger partial charge in [-0.3, -0.25) is 0 Å². The van der Waals surface area contributed by atoms with Gasteiger partial charge in [-0.05, 0) is 17.0 Å². The fourth-order valence-corrected chi connectivity index (χ4v) is 2.29. The highest BCUT2D eigenvalue weighted by Crippen LogP contribution is 2.36. The van der Waals surface area contributed by atoms with Gasteiger partial charge >= 0.3 is 6.16 Å². The Balaban J connectivity index is 2.28. The van der Waals surface area contributed by atoms with Crippen LogP contribution in [0.2, 0.25) is 0 Å². The Hall–Kier alpha value is -2.81. The van der Waals surface area contributed by atoms with Crippen LogP contribution in [0.25, 0.3) is 21.9 Å². The summed E-state index contributed by atoms with van der Waals surface area (Å²) in [6, 6.07) is 21.0. The van der Waals surface area contributed by atoms with Gasteiger partial charge in [0.2, 0.25) is 0 Å². The van der Waals surface area contributed by atoms with E-state index in [1.54, 1.807) is 0 Å². The summed E-state index contributed by atoms with van der Waals surface area (Å²) in [5, 5.41) is 10.7. The summed E-state index contributed by atoms with van der Waals surface area (Å²) in [6.45, 7) is 0. The molecule has 0 saturated carbocycles. The lowest BCUT2D eigenvalue weighted by Crippen LogP contribution is -2.04. The second-order valence-corrected chi connectivity index (χ2v) is 4.40. The normalized spacial score (nSPS) is 10.4. The lowest BCUT2D eigenvalue weighted by molar-refractivity contribution is 0.145. The highest BCUT2D eigenvalue weighted by molar-refractivity contribution is 5.96. The number of carbonyl (C=O) groups is 1. The highest BCUT2D eigenvalue weighted by atomic mass is 16.7. The number of hydrogen-bond donors (Lipinski definition) is 1. The quantitative estimate of drug-likeness (QED) is 0.545. The van der Waals surface area contributed by atoms with Crippen molar-refractivity contribution in [3.05, 3.63) is 66.7 Å². The summed E-state index contributed by atoms with van der Waals surface area (Å²) in [5.41, 5.74) is 1.70. The number of carboxylic acid groups (broad SMARTS) is 1. The molecule has 0 saturated heterocycles. The summed E-state index contributed by atoms with van der Waals surface area (Å²) in [7, 11) is 0. The minimum Gasteiger partial charge on any atom is -0.449 e. The van der Waals surface area contributed by atoms with E-state index < -0.39 is 6.16 Å². The maximum atomic E-state index is 11.0. The van der Waals surface area contributed by atoms with Crippen molar-refractivity contribution in [1.29, 1.82) is 0 Å².